The minimum atomic E-state index is -4.45. The van der Waals surface area contributed by atoms with E-state index in [0.29, 0.717) is 23.1 Å². The Hall–Kier alpha value is -3.46. The molecule has 0 saturated carbocycles. The van der Waals surface area contributed by atoms with Crippen LogP contribution < -0.4 is 5.32 Å². The number of nitrogens with one attached hydrogen (secondary N) is 1. The van der Waals surface area contributed by atoms with Crippen molar-refractivity contribution in [2.45, 2.75) is 38.1 Å². The van der Waals surface area contributed by atoms with Crippen molar-refractivity contribution < 1.29 is 27.5 Å². The smallest absolute Gasteiger partial charge is 0.380 e. The zero-order valence-electron chi connectivity index (χ0n) is 18.0. The van der Waals surface area contributed by atoms with Crippen LogP contribution in [0.4, 0.5) is 18.9 Å². The predicted molar refractivity (Wildman–Crippen MR) is 115 cm³/mol. The maximum absolute atomic E-state index is 13.4. The highest BCUT2D eigenvalue weighted by atomic mass is 19.4. The van der Waals surface area contributed by atoms with E-state index < -0.39 is 23.6 Å². The largest absolute Gasteiger partial charge is 0.416 e. The van der Waals surface area contributed by atoms with Gasteiger partial charge < -0.3 is 10.1 Å². The lowest BCUT2D eigenvalue weighted by Gasteiger charge is -2.28. The number of alkyl halides is 3. The number of ether oxygens (including phenoxy) is 1. The average Bonchev–Trinajstić information content (AvgIpc) is 3.21. The third-order valence-corrected chi connectivity index (χ3v) is 5.79. The molecule has 0 aliphatic carbocycles. The van der Waals surface area contributed by atoms with Crippen LogP contribution in [-0.4, -0.2) is 28.6 Å². The molecule has 1 aliphatic rings. The molecule has 0 fully saturated rings. The van der Waals surface area contributed by atoms with Gasteiger partial charge in [0, 0.05) is 12.7 Å². The summed E-state index contributed by atoms with van der Waals surface area (Å²) >= 11 is 0. The molecule has 2 aromatic carbocycles. The van der Waals surface area contributed by atoms with Crippen molar-refractivity contribution in [1.29, 1.82) is 0 Å². The molecular weight excluding hydrogens is 435 g/mol. The van der Waals surface area contributed by atoms with Crippen LogP contribution in [0, 0.1) is 0 Å². The van der Waals surface area contributed by atoms with Gasteiger partial charge in [0.1, 0.15) is 5.69 Å². The summed E-state index contributed by atoms with van der Waals surface area (Å²) in [5.74, 6) is -1.34. The Morgan fingerprint density at radius 2 is 1.88 bits per heavy atom. The number of carbonyl (C=O) groups excluding carboxylic acids is 2. The molecule has 4 rings (SSSR count). The van der Waals surface area contributed by atoms with E-state index in [0.717, 1.165) is 12.1 Å². The van der Waals surface area contributed by atoms with Crippen LogP contribution in [0.5, 0.6) is 0 Å². The maximum Gasteiger partial charge on any atom is 0.416 e. The number of rotatable bonds is 5. The standard InChI is InChI=1S/C24H22F3N3O3/c1-14-11-19(15-7-9-17(10-8-15)24(25,26)27)22(31)21-20(12-28-30(14)21)29-23(32)18-6-4-3-5-16(18)13-33-2/h3-10,12,14,19H,11,13H2,1-2H3,(H,29,32)/t14-,19?/m0/s1. The first kappa shape index (κ1) is 22.7. The van der Waals surface area contributed by atoms with E-state index in [2.05, 4.69) is 10.4 Å². The van der Waals surface area contributed by atoms with Gasteiger partial charge in [0.25, 0.3) is 5.91 Å². The zero-order chi connectivity index (χ0) is 23.8. The van der Waals surface area contributed by atoms with E-state index in [4.69, 9.17) is 4.74 Å². The van der Waals surface area contributed by atoms with Crippen molar-refractivity contribution >= 4 is 17.4 Å². The molecule has 0 saturated heterocycles. The molecule has 172 valence electrons. The fraction of sp³-hybridized carbons (Fsp3) is 0.292. The SMILES string of the molecule is COCc1ccccc1C(=O)Nc1cnn2c1C(=O)C(c1ccc(C(F)(F)F)cc1)C[C@@H]2C. The summed E-state index contributed by atoms with van der Waals surface area (Å²) < 4.78 is 45.5. The Kier molecular flexibility index (Phi) is 6.07. The number of halogens is 3. The topological polar surface area (TPSA) is 73.2 Å². The normalized spacial score (nSPS) is 18.2. The Morgan fingerprint density at radius 1 is 1.18 bits per heavy atom. The second-order valence-electron chi connectivity index (χ2n) is 8.02. The molecule has 9 heteroatoms. The lowest BCUT2D eigenvalue weighted by molar-refractivity contribution is -0.137. The summed E-state index contributed by atoms with van der Waals surface area (Å²) in [6.07, 6.45) is -2.63. The number of hydrogen-bond donors (Lipinski definition) is 1. The van der Waals surface area contributed by atoms with Gasteiger partial charge in [-0.25, -0.2) is 0 Å². The van der Waals surface area contributed by atoms with Crippen LogP contribution in [-0.2, 0) is 17.5 Å². The van der Waals surface area contributed by atoms with Crippen LogP contribution in [0.15, 0.2) is 54.7 Å². The number of anilines is 1. The lowest BCUT2D eigenvalue weighted by Crippen LogP contribution is -2.29. The van der Waals surface area contributed by atoms with E-state index in [1.807, 2.05) is 6.92 Å². The quantitative estimate of drug-likeness (QED) is 0.569. The number of amides is 1. The predicted octanol–water partition coefficient (Wildman–Crippen LogP) is 5.23. The van der Waals surface area contributed by atoms with Crippen LogP contribution in [0.25, 0.3) is 0 Å². The Bertz CT molecular complexity index is 1190. The molecule has 0 radical (unpaired) electrons. The summed E-state index contributed by atoms with van der Waals surface area (Å²) in [6.45, 7) is 2.13. The van der Waals surface area contributed by atoms with Gasteiger partial charge in [0.15, 0.2) is 5.78 Å². The highest BCUT2D eigenvalue weighted by molar-refractivity contribution is 6.11. The fourth-order valence-electron chi connectivity index (χ4n) is 4.15. The minimum Gasteiger partial charge on any atom is -0.380 e. The monoisotopic (exact) mass is 457 g/mol. The second-order valence-corrected chi connectivity index (χ2v) is 8.02. The fourth-order valence-corrected chi connectivity index (χ4v) is 4.15. The molecule has 1 amide bonds. The number of hydrogen-bond acceptors (Lipinski definition) is 4. The van der Waals surface area contributed by atoms with Crippen molar-refractivity contribution in [2.24, 2.45) is 0 Å². The number of fused-ring (bicyclic) bond motifs is 1. The van der Waals surface area contributed by atoms with Gasteiger partial charge >= 0.3 is 6.18 Å². The summed E-state index contributed by atoms with van der Waals surface area (Å²) in [6, 6.07) is 11.4. The van der Waals surface area contributed by atoms with E-state index >= 15 is 0 Å². The maximum atomic E-state index is 13.4. The molecule has 1 aliphatic heterocycles. The summed E-state index contributed by atoms with van der Waals surface area (Å²) in [5.41, 5.74) is 1.33. The molecule has 1 unspecified atom stereocenters. The first-order chi connectivity index (χ1) is 15.7. The van der Waals surface area contributed by atoms with Crippen molar-refractivity contribution in [1.82, 2.24) is 9.78 Å². The second kappa shape index (κ2) is 8.82. The summed E-state index contributed by atoms with van der Waals surface area (Å²) in [5, 5.41) is 7.05. The van der Waals surface area contributed by atoms with E-state index in [9.17, 15) is 22.8 Å². The Morgan fingerprint density at radius 3 is 2.55 bits per heavy atom. The third-order valence-electron chi connectivity index (χ3n) is 5.79. The molecule has 2 atom stereocenters. The lowest BCUT2D eigenvalue weighted by atomic mass is 9.84. The van der Waals surface area contributed by atoms with Gasteiger partial charge in [0.2, 0.25) is 0 Å². The number of methoxy groups -OCH3 is 1. The summed E-state index contributed by atoms with van der Waals surface area (Å²) in [7, 11) is 1.53. The highest BCUT2D eigenvalue weighted by Crippen LogP contribution is 2.39. The Balaban J connectivity index is 1.63. The van der Waals surface area contributed by atoms with Gasteiger partial charge in [0.05, 0.1) is 36.0 Å². The van der Waals surface area contributed by atoms with Crippen molar-refractivity contribution in [3.63, 3.8) is 0 Å². The number of aromatic nitrogens is 2. The van der Waals surface area contributed by atoms with Crippen molar-refractivity contribution in [2.75, 3.05) is 12.4 Å². The van der Waals surface area contributed by atoms with Gasteiger partial charge in [-0.15, -0.1) is 0 Å². The highest BCUT2D eigenvalue weighted by Gasteiger charge is 2.37. The van der Waals surface area contributed by atoms with Crippen LogP contribution in [0.1, 0.15) is 62.8 Å². The van der Waals surface area contributed by atoms with Crippen LogP contribution in [0.2, 0.25) is 0 Å². The minimum absolute atomic E-state index is 0.184. The molecular formula is C24H22F3N3O3. The molecule has 3 aromatic rings. The molecule has 6 nitrogen and oxygen atoms in total. The third kappa shape index (κ3) is 4.41. The molecule has 0 bridgehead atoms. The Labute approximate surface area is 188 Å². The number of ketones is 1. The first-order valence-corrected chi connectivity index (χ1v) is 10.4. The molecule has 33 heavy (non-hydrogen) atoms. The summed E-state index contributed by atoms with van der Waals surface area (Å²) in [4.78, 5) is 26.3. The molecule has 1 N–H and O–H groups in total. The van der Waals surface area contributed by atoms with E-state index in [1.54, 1.807) is 28.9 Å². The average molecular weight is 457 g/mol. The van der Waals surface area contributed by atoms with Gasteiger partial charge in [-0.3, -0.25) is 14.3 Å². The van der Waals surface area contributed by atoms with Gasteiger partial charge in [-0.2, -0.15) is 18.3 Å². The molecule has 0 spiro atoms. The van der Waals surface area contributed by atoms with Gasteiger partial charge in [-0.1, -0.05) is 30.3 Å². The van der Waals surface area contributed by atoms with E-state index in [1.165, 1.54) is 25.4 Å². The van der Waals surface area contributed by atoms with Gasteiger partial charge in [-0.05, 0) is 42.7 Å². The zero-order valence-corrected chi connectivity index (χ0v) is 18.0. The number of benzene rings is 2. The number of Topliss-reactive ketones (excluding diaryl/α,β-unsaturated/α-hetero) is 1. The van der Waals surface area contributed by atoms with E-state index in [-0.39, 0.29) is 29.8 Å². The number of carbonyl (C=O) groups is 2. The van der Waals surface area contributed by atoms with Crippen LogP contribution in [0.3, 0.4) is 0 Å². The van der Waals surface area contributed by atoms with Crippen molar-refractivity contribution in [3.05, 3.63) is 82.7 Å². The number of nitrogens with zero attached hydrogens (tertiary/aromatic N) is 2. The first-order valence-electron chi connectivity index (χ1n) is 10.4. The molecule has 2 heterocycles. The van der Waals surface area contributed by atoms with Crippen LogP contribution >= 0.6 is 0 Å². The van der Waals surface area contributed by atoms with Crippen molar-refractivity contribution in [3.8, 4) is 0 Å². The molecule has 1 aromatic heterocycles.